The van der Waals surface area contributed by atoms with Gasteiger partial charge in [0.1, 0.15) is 17.3 Å². The van der Waals surface area contributed by atoms with Gasteiger partial charge in [0.15, 0.2) is 6.17 Å². The van der Waals surface area contributed by atoms with Crippen molar-refractivity contribution >= 4 is 31.3 Å². The Morgan fingerprint density at radius 3 is 2.82 bits per heavy atom. The molecule has 1 unspecified atom stereocenters. The number of amides is 1. The number of benzene rings is 1. The van der Waals surface area contributed by atoms with Crippen LogP contribution >= 0.6 is 19.6 Å². The van der Waals surface area contributed by atoms with E-state index in [1.807, 2.05) is 0 Å². The second kappa shape index (κ2) is 7.41. The van der Waals surface area contributed by atoms with E-state index in [0.29, 0.717) is 5.56 Å². The van der Waals surface area contributed by atoms with Gasteiger partial charge >= 0.3 is 13.5 Å². The Labute approximate surface area is 162 Å². The number of phosphoric acid groups is 1. The molecule has 1 aromatic heterocycles. The number of hydrogen-bond acceptors (Lipinski definition) is 7. The first-order valence-corrected chi connectivity index (χ1v) is 10.7. The largest absolute Gasteiger partial charge is 0.472 e. The van der Waals surface area contributed by atoms with E-state index in [0.717, 1.165) is 16.3 Å². The third-order valence-corrected chi connectivity index (χ3v) is 6.81. The molecule has 2 saturated heterocycles. The van der Waals surface area contributed by atoms with E-state index in [1.165, 1.54) is 12.3 Å². The Balaban J connectivity index is 1.52. The zero-order valence-electron chi connectivity index (χ0n) is 14.2. The number of halogens is 1. The quantitative estimate of drug-likeness (QED) is 0.714. The molecule has 0 saturated carbocycles. The van der Waals surface area contributed by atoms with E-state index >= 15 is 0 Å². The number of rotatable bonds is 3. The van der Waals surface area contributed by atoms with Crippen LogP contribution in [0.5, 0.6) is 0 Å². The van der Waals surface area contributed by atoms with Gasteiger partial charge in [-0.25, -0.2) is 13.8 Å². The monoisotopic (exact) mass is 427 g/mol. The molecule has 12 heteroatoms. The van der Waals surface area contributed by atoms with Crippen molar-refractivity contribution in [3.63, 3.8) is 0 Å². The first kappa shape index (κ1) is 19.3. The molecular formula is C16H15FN3O6PS. The van der Waals surface area contributed by atoms with Crippen LogP contribution < -0.4 is 11.0 Å². The summed E-state index contributed by atoms with van der Waals surface area (Å²) in [5.41, 5.74) is -0.365. The molecule has 0 aliphatic carbocycles. The minimum Gasteiger partial charge on any atom is -0.306 e. The molecule has 9 nitrogen and oxygen atoms in total. The summed E-state index contributed by atoms with van der Waals surface area (Å²) in [7, 11) is -4.28. The number of carbonyl (C=O) groups excluding carboxylic acids is 1. The lowest BCUT2D eigenvalue weighted by atomic mass is 10.1. The molecule has 2 aromatic rings. The fraction of sp³-hybridized carbons (Fsp3) is 0.312. The van der Waals surface area contributed by atoms with Gasteiger partial charge < -0.3 is 10.2 Å². The summed E-state index contributed by atoms with van der Waals surface area (Å²) in [6.07, 6.45) is -1.55. The summed E-state index contributed by atoms with van der Waals surface area (Å²) in [5.74, 6) is -0.399. The number of hydrogen-bond donors (Lipinski definition) is 2. The number of phosphoric ester groups is 1. The van der Waals surface area contributed by atoms with Crippen molar-refractivity contribution in [2.45, 2.75) is 22.9 Å². The highest BCUT2D eigenvalue weighted by Gasteiger charge is 2.53. The number of anilines is 1. The average molecular weight is 427 g/mol. The molecule has 2 N–H and O–H groups in total. The van der Waals surface area contributed by atoms with Crippen molar-refractivity contribution in [2.75, 3.05) is 11.9 Å². The van der Waals surface area contributed by atoms with Crippen molar-refractivity contribution in [3.8, 4) is 0 Å². The van der Waals surface area contributed by atoms with Gasteiger partial charge in [-0.3, -0.25) is 18.4 Å². The standard InChI is InChI=1S/C16H15FN3O6PS/c17-12-13-10(8-25-27(23,24)26-13)28-15(12)20-7-6-11(19-16(20)22)18-14(21)9-4-2-1-3-5-9/h1-7,10,12-13,15H,8H2,(H,23,24)(H,18,19,21,22)/t10-,12+,13-,15-/m1/s1. The first-order valence-electron chi connectivity index (χ1n) is 8.25. The summed E-state index contributed by atoms with van der Waals surface area (Å²) in [6, 6.07) is 9.79. The molecule has 1 amide bonds. The molecule has 148 valence electrons. The topological polar surface area (TPSA) is 120 Å². The lowest BCUT2D eigenvalue weighted by molar-refractivity contribution is 0.0131. The Morgan fingerprint density at radius 1 is 1.36 bits per heavy atom. The minimum atomic E-state index is -4.28. The molecule has 0 spiro atoms. The van der Waals surface area contributed by atoms with Gasteiger partial charge in [0, 0.05) is 11.8 Å². The van der Waals surface area contributed by atoms with E-state index in [-0.39, 0.29) is 12.4 Å². The van der Waals surface area contributed by atoms with Gasteiger partial charge in [0.2, 0.25) is 0 Å². The smallest absolute Gasteiger partial charge is 0.306 e. The highest BCUT2D eigenvalue weighted by Crippen LogP contribution is 2.57. The van der Waals surface area contributed by atoms with Crippen molar-refractivity contribution < 1.29 is 27.7 Å². The normalized spacial score (nSPS) is 31.9. The molecule has 5 atom stereocenters. The number of thioether (sulfide) groups is 1. The van der Waals surface area contributed by atoms with Gasteiger partial charge in [0.05, 0.1) is 11.9 Å². The number of nitrogens with zero attached hydrogens (tertiary/aromatic N) is 2. The van der Waals surface area contributed by atoms with Crippen LogP contribution in [0.1, 0.15) is 15.7 Å². The molecule has 3 heterocycles. The summed E-state index contributed by atoms with van der Waals surface area (Å²) >= 11 is 1.07. The number of nitrogens with one attached hydrogen (secondary N) is 1. The summed E-state index contributed by atoms with van der Waals surface area (Å²) < 4.78 is 36.9. The second-order valence-corrected chi connectivity index (χ2v) is 8.93. The number of fused-ring (bicyclic) bond motifs is 1. The maximum Gasteiger partial charge on any atom is 0.472 e. The zero-order chi connectivity index (χ0) is 19.9. The molecule has 0 radical (unpaired) electrons. The Hall–Kier alpha value is -2.04. The van der Waals surface area contributed by atoms with E-state index in [9.17, 15) is 23.4 Å². The zero-order valence-corrected chi connectivity index (χ0v) is 15.9. The number of aromatic nitrogens is 2. The van der Waals surface area contributed by atoms with Crippen molar-refractivity contribution in [3.05, 3.63) is 58.6 Å². The lowest BCUT2D eigenvalue weighted by Gasteiger charge is -2.28. The minimum absolute atomic E-state index is 0.0327. The van der Waals surface area contributed by atoms with Crippen LogP contribution in [0.15, 0.2) is 47.4 Å². The van der Waals surface area contributed by atoms with E-state index in [2.05, 4.69) is 10.3 Å². The number of carbonyl (C=O) groups is 1. The highest BCUT2D eigenvalue weighted by molar-refractivity contribution is 8.00. The van der Waals surface area contributed by atoms with Gasteiger partial charge in [0.25, 0.3) is 5.91 Å². The molecular weight excluding hydrogens is 412 g/mol. The maximum absolute atomic E-state index is 14.8. The van der Waals surface area contributed by atoms with Gasteiger partial charge in [-0.1, -0.05) is 18.2 Å². The molecule has 4 rings (SSSR count). The molecule has 2 fully saturated rings. The fourth-order valence-electron chi connectivity index (χ4n) is 2.98. The van der Waals surface area contributed by atoms with E-state index < -0.39 is 42.3 Å². The van der Waals surface area contributed by atoms with Crippen molar-refractivity contribution in [1.29, 1.82) is 0 Å². The van der Waals surface area contributed by atoms with Crippen LogP contribution in [0.2, 0.25) is 0 Å². The van der Waals surface area contributed by atoms with E-state index in [4.69, 9.17) is 9.05 Å². The van der Waals surface area contributed by atoms with Crippen LogP contribution in [0, 0.1) is 0 Å². The van der Waals surface area contributed by atoms with Gasteiger partial charge in [-0.05, 0) is 18.2 Å². The lowest BCUT2D eigenvalue weighted by Crippen LogP contribution is -2.37. The summed E-state index contributed by atoms with van der Waals surface area (Å²) in [5, 5.41) is 0.991. The predicted octanol–water partition coefficient (Wildman–Crippen LogP) is 1.96. The maximum atomic E-state index is 14.8. The van der Waals surface area contributed by atoms with Crippen LogP contribution in [0.25, 0.3) is 0 Å². The van der Waals surface area contributed by atoms with Crippen molar-refractivity contribution in [1.82, 2.24) is 9.55 Å². The third-order valence-electron chi connectivity index (χ3n) is 4.31. The SMILES string of the molecule is O=C(Nc1ccn([C@@H]2S[C@@H]3COP(=O)(O)O[C@H]3[C@@H]2F)c(=O)n1)c1ccccc1. The second-order valence-electron chi connectivity index (χ2n) is 6.17. The molecule has 2 aliphatic rings. The Kier molecular flexibility index (Phi) is 5.11. The third kappa shape index (κ3) is 3.76. The molecule has 0 bridgehead atoms. The van der Waals surface area contributed by atoms with Gasteiger partial charge in [-0.2, -0.15) is 4.98 Å². The highest BCUT2D eigenvalue weighted by atomic mass is 32.2. The van der Waals surface area contributed by atoms with Crippen LogP contribution in [0.3, 0.4) is 0 Å². The van der Waals surface area contributed by atoms with Gasteiger partial charge in [-0.15, -0.1) is 11.8 Å². The number of alkyl halides is 1. The fourth-order valence-corrected chi connectivity index (χ4v) is 5.61. The summed E-state index contributed by atoms with van der Waals surface area (Å²) in [6.45, 7) is -0.159. The molecule has 2 aliphatic heterocycles. The molecule has 28 heavy (non-hydrogen) atoms. The molecule has 1 aromatic carbocycles. The Morgan fingerprint density at radius 2 is 2.11 bits per heavy atom. The van der Waals surface area contributed by atoms with Crippen LogP contribution in [-0.4, -0.2) is 44.5 Å². The Bertz CT molecular complexity index is 1010. The van der Waals surface area contributed by atoms with Crippen molar-refractivity contribution in [2.24, 2.45) is 0 Å². The first-order chi connectivity index (χ1) is 13.3. The average Bonchev–Trinajstić information content (AvgIpc) is 2.97. The van der Waals surface area contributed by atoms with E-state index in [1.54, 1.807) is 30.3 Å². The summed E-state index contributed by atoms with van der Waals surface area (Å²) in [4.78, 5) is 37.7. The van der Waals surface area contributed by atoms with Crippen LogP contribution in [-0.2, 0) is 13.6 Å². The predicted molar refractivity (Wildman–Crippen MR) is 98.9 cm³/mol. The van der Waals surface area contributed by atoms with Crippen LogP contribution in [0.4, 0.5) is 10.2 Å².